The first-order valence-corrected chi connectivity index (χ1v) is 13.0. The van der Waals surface area contributed by atoms with Crippen LogP contribution in [0.4, 0.5) is 4.39 Å². The van der Waals surface area contributed by atoms with Crippen molar-refractivity contribution in [1.82, 2.24) is 4.57 Å². The van der Waals surface area contributed by atoms with E-state index in [1.807, 2.05) is 73.9 Å². The topological polar surface area (TPSA) is 21.9 Å². The van der Waals surface area contributed by atoms with Crippen molar-refractivity contribution in [3.05, 3.63) is 133 Å². The first-order valence-electron chi connectivity index (χ1n) is 13.0. The number of para-hydroxylation sites is 1. The van der Waals surface area contributed by atoms with Gasteiger partial charge in [0, 0.05) is 10.8 Å². The van der Waals surface area contributed by atoms with E-state index in [2.05, 4.69) is 64.7 Å². The van der Waals surface area contributed by atoms with Gasteiger partial charge in [0.05, 0.1) is 12.6 Å². The number of halogens is 1. The predicted octanol–water partition coefficient (Wildman–Crippen LogP) is 8.65. The summed E-state index contributed by atoms with van der Waals surface area (Å²) < 4.78 is 26.6. The monoisotopic (exact) mass is 509 g/mol. The summed E-state index contributed by atoms with van der Waals surface area (Å²) in [4.78, 5) is 0. The van der Waals surface area contributed by atoms with Crippen LogP contribution in [0, 0.1) is 12.7 Å². The zero-order valence-electron chi connectivity index (χ0n) is 21.7. The molecule has 7 aromatic rings. The van der Waals surface area contributed by atoms with E-state index in [4.69, 9.17) is 4.42 Å². The maximum atomic E-state index is 15.6. The number of fused-ring (bicyclic) bond motifs is 3. The predicted molar refractivity (Wildman–Crippen MR) is 155 cm³/mol. The number of hydrogen-bond donors (Lipinski definition) is 0. The Morgan fingerprint density at radius 1 is 0.667 bits per heavy atom. The molecule has 3 nitrogen and oxygen atoms in total. The van der Waals surface area contributed by atoms with Crippen LogP contribution in [0.2, 0.25) is 0 Å². The SMILES string of the molecule is Cc1ccc2c(oc3c(-c4cccc(-c5ccccc5)c4)c(F)ccc32)c1-c1n(-c2ccccc2)cc[n+]1C. The standard InChI is InChI=1S/C35H26FN2O/c1-23-16-17-28-29-18-19-30(36)32(26-13-9-12-25(22-26)24-10-5-3-6-11-24)34(29)39-33(28)31(23)35-37(2)20-21-38(35)27-14-7-4-8-15-27/h3-22H,1-2H3/q+1. The van der Waals surface area contributed by atoms with Crippen LogP contribution in [0.25, 0.3) is 61.3 Å². The van der Waals surface area contributed by atoms with Gasteiger partial charge in [-0.2, -0.15) is 4.57 Å². The molecule has 4 heteroatoms. The van der Waals surface area contributed by atoms with Crippen molar-refractivity contribution in [2.45, 2.75) is 6.92 Å². The van der Waals surface area contributed by atoms with Gasteiger partial charge in [0.2, 0.25) is 0 Å². The fourth-order valence-corrected chi connectivity index (χ4v) is 5.58. The van der Waals surface area contributed by atoms with Gasteiger partial charge in [-0.05, 0) is 59.5 Å². The summed E-state index contributed by atoms with van der Waals surface area (Å²) in [7, 11) is 2.04. The normalized spacial score (nSPS) is 11.5. The lowest BCUT2D eigenvalue weighted by Gasteiger charge is -2.08. The van der Waals surface area contributed by atoms with E-state index in [0.29, 0.717) is 11.1 Å². The molecule has 0 unspecified atom stereocenters. The number of benzene rings is 5. The molecule has 39 heavy (non-hydrogen) atoms. The third kappa shape index (κ3) is 3.76. The van der Waals surface area contributed by atoms with Crippen LogP contribution in [0.3, 0.4) is 0 Å². The van der Waals surface area contributed by atoms with Gasteiger partial charge < -0.3 is 4.42 Å². The minimum atomic E-state index is -0.303. The highest BCUT2D eigenvalue weighted by Crippen LogP contribution is 2.42. The van der Waals surface area contributed by atoms with Crippen molar-refractivity contribution >= 4 is 21.9 Å². The molecule has 0 aliphatic heterocycles. The molecule has 0 fully saturated rings. The Hall–Kier alpha value is -4.96. The van der Waals surface area contributed by atoms with Crippen molar-refractivity contribution in [2.24, 2.45) is 7.05 Å². The zero-order valence-corrected chi connectivity index (χ0v) is 21.7. The highest BCUT2D eigenvalue weighted by molar-refractivity contribution is 6.13. The van der Waals surface area contributed by atoms with E-state index in [0.717, 1.165) is 55.7 Å². The lowest BCUT2D eigenvalue weighted by atomic mass is 9.97. The molecule has 0 saturated carbocycles. The molecule has 0 atom stereocenters. The third-order valence-corrected chi connectivity index (χ3v) is 7.49. The largest absolute Gasteiger partial charge is 0.454 e. The summed E-state index contributed by atoms with van der Waals surface area (Å²) in [6.07, 6.45) is 4.11. The van der Waals surface area contributed by atoms with Crippen molar-refractivity contribution in [3.8, 4) is 39.3 Å². The van der Waals surface area contributed by atoms with Gasteiger partial charge in [0.25, 0.3) is 5.82 Å². The summed E-state index contributed by atoms with van der Waals surface area (Å²) in [6, 6.07) is 36.0. The number of imidazole rings is 1. The number of rotatable bonds is 4. The van der Waals surface area contributed by atoms with Crippen LogP contribution in [0.5, 0.6) is 0 Å². The van der Waals surface area contributed by atoms with E-state index in [-0.39, 0.29) is 5.82 Å². The Morgan fingerprint density at radius 3 is 2.08 bits per heavy atom. The van der Waals surface area contributed by atoms with Gasteiger partial charge in [-0.3, -0.25) is 0 Å². The average Bonchev–Trinajstić information content (AvgIpc) is 3.54. The molecule has 7 rings (SSSR count). The van der Waals surface area contributed by atoms with Crippen LogP contribution in [-0.2, 0) is 7.05 Å². The molecule has 0 N–H and O–H groups in total. The average molecular weight is 510 g/mol. The molecule has 2 heterocycles. The molecule has 0 aliphatic carbocycles. The minimum Gasteiger partial charge on any atom is -0.454 e. The van der Waals surface area contributed by atoms with Crippen LogP contribution < -0.4 is 4.57 Å². The number of hydrogen-bond acceptors (Lipinski definition) is 1. The third-order valence-electron chi connectivity index (χ3n) is 7.49. The van der Waals surface area contributed by atoms with E-state index in [9.17, 15) is 0 Å². The quantitative estimate of drug-likeness (QED) is 0.218. The molecule has 2 aromatic heterocycles. The fourth-order valence-electron chi connectivity index (χ4n) is 5.58. The Morgan fingerprint density at radius 2 is 1.31 bits per heavy atom. The van der Waals surface area contributed by atoms with E-state index in [1.165, 1.54) is 0 Å². The van der Waals surface area contributed by atoms with Gasteiger partial charge in [-0.25, -0.2) is 8.96 Å². The summed E-state index contributed by atoms with van der Waals surface area (Å²) in [5.41, 5.74) is 7.83. The smallest absolute Gasteiger partial charge is 0.297 e. The van der Waals surface area contributed by atoms with E-state index in [1.54, 1.807) is 6.07 Å². The maximum Gasteiger partial charge on any atom is 0.297 e. The van der Waals surface area contributed by atoms with Crippen LogP contribution in [0.1, 0.15) is 5.56 Å². The molecule has 5 aromatic carbocycles. The summed E-state index contributed by atoms with van der Waals surface area (Å²) >= 11 is 0. The Labute approximate surface area is 226 Å². The Bertz CT molecular complexity index is 1980. The zero-order chi connectivity index (χ0) is 26.5. The van der Waals surface area contributed by atoms with Gasteiger partial charge in [-0.15, -0.1) is 0 Å². The molecular weight excluding hydrogens is 483 g/mol. The van der Waals surface area contributed by atoms with Gasteiger partial charge in [-0.1, -0.05) is 78.9 Å². The highest BCUT2D eigenvalue weighted by Gasteiger charge is 2.27. The highest BCUT2D eigenvalue weighted by atomic mass is 19.1. The lowest BCUT2D eigenvalue weighted by molar-refractivity contribution is -0.659. The minimum absolute atomic E-state index is 0.303. The molecule has 0 aliphatic rings. The van der Waals surface area contributed by atoms with Crippen LogP contribution >= 0.6 is 0 Å². The van der Waals surface area contributed by atoms with E-state index < -0.39 is 0 Å². The van der Waals surface area contributed by atoms with Crippen LogP contribution in [-0.4, -0.2) is 4.57 Å². The number of nitrogens with zero attached hydrogens (tertiary/aromatic N) is 2. The molecule has 0 saturated heterocycles. The summed E-state index contributed by atoms with van der Waals surface area (Å²) in [6.45, 7) is 2.09. The molecule has 0 amide bonds. The summed E-state index contributed by atoms with van der Waals surface area (Å²) in [5.74, 6) is 0.694. The lowest BCUT2D eigenvalue weighted by Crippen LogP contribution is -2.29. The number of furan rings is 1. The van der Waals surface area contributed by atoms with Crippen LogP contribution in [0.15, 0.2) is 126 Å². The molecule has 188 valence electrons. The van der Waals surface area contributed by atoms with Gasteiger partial charge in [0.15, 0.2) is 5.58 Å². The second-order valence-corrected chi connectivity index (χ2v) is 9.92. The van der Waals surface area contributed by atoms with Crippen molar-refractivity contribution < 1.29 is 13.4 Å². The Balaban J connectivity index is 1.50. The number of aromatic nitrogens is 2. The first-order chi connectivity index (χ1) is 19.1. The second kappa shape index (κ2) is 9.10. The van der Waals surface area contributed by atoms with Gasteiger partial charge in [0.1, 0.15) is 35.0 Å². The molecular formula is C35H26FN2O+. The molecule has 0 spiro atoms. The molecule has 0 bridgehead atoms. The number of aryl methyl sites for hydroxylation is 2. The summed E-state index contributed by atoms with van der Waals surface area (Å²) in [5, 5.41) is 1.86. The fraction of sp³-hybridized carbons (Fsp3) is 0.0571. The van der Waals surface area contributed by atoms with Crippen molar-refractivity contribution in [2.75, 3.05) is 0 Å². The molecule has 0 radical (unpaired) electrons. The van der Waals surface area contributed by atoms with Crippen molar-refractivity contribution in [3.63, 3.8) is 0 Å². The Kier molecular flexibility index (Phi) is 5.41. The first kappa shape index (κ1) is 23.2. The van der Waals surface area contributed by atoms with E-state index >= 15 is 4.39 Å². The van der Waals surface area contributed by atoms with Gasteiger partial charge >= 0.3 is 0 Å². The second-order valence-electron chi connectivity index (χ2n) is 9.92. The van der Waals surface area contributed by atoms with Crippen molar-refractivity contribution in [1.29, 1.82) is 0 Å². The maximum absolute atomic E-state index is 15.6.